The van der Waals surface area contributed by atoms with Crippen molar-refractivity contribution in [1.29, 1.82) is 0 Å². The van der Waals surface area contributed by atoms with Gasteiger partial charge in [-0.15, -0.1) is 0 Å². The molecule has 0 atom stereocenters. The van der Waals surface area contributed by atoms with Gasteiger partial charge in [-0.2, -0.15) is 8.42 Å². The van der Waals surface area contributed by atoms with Crippen molar-refractivity contribution in [3.05, 3.63) is 119 Å². The molecule has 0 aromatic heterocycles. The highest BCUT2D eigenvalue weighted by Crippen LogP contribution is 2.35. The molecule has 0 aliphatic heterocycles. The van der Waals surface area contributed by atoms with E-state index < -0.39 is 15.0 Å². The number of carbonyl (C=O) groups is 1. The molecule has 0 saturated carbocycles. The van der Waals surface area contributed by atoms with E-state index >= 15 is 0 Å². The summed E-state index contributed by atoms with van der Waals surface area (Å²) in [6, 6.07) is 26.1. The number of rotatable bonds is 8. The van der Waals surface area contributed by atoms with Crippen LogP contribution in [0.5, 0.6) is 17.2 Å². The second-order valence-corrected chi connectivity index (χ2v) is 10.7. The van der Waals surface area contributed by atoms with Crippen LogP contribution in [0.1, 0.15) is 46.5 Å². The maximum absolute atomic E-state index is 12.9. The van der Waals surface area contributed by atoms with Crippen molar-refractivity contribution in [3.63, 3.8) is 0 Å². The largest absolute Gasteiger partial charge is 0.497 e. The lowest BCUT2D eigenvalue weighted by Gasteiger charge is -2.26. The van der Waals surface area contributed by atoms with Crippen LogP contribution in [0.15, 0.2) is 95.9 Å². The first kappa shape index (κ1) is 26.1. The number of aryl methyl sites for hydroxylation is 1. The van der Waals surface area contributed by atoms with E-state index in [9.17, 15) is 17.8 Å². The van der Waals surface area contributed by atoms with Crippen LogP contribution in [0.4, 0.5) is 0 Å². The fourth-order valence-corrected chi connectivity index (χ4v) is 4.69. The zero-order valence-corrected chi connectivity index (χ0v) is 21.9. The number of ether oxygens (including phenoxy) is 2. The first-order chi connectivity index (χ1) is 17.5. The van der Waals surface area contributed by atoms with Gasteiger partial charge < -0.3 is 9.47 Å². The molecule has 0 aliphatic rings. The maximum atomic E-state index is 12.9. The molecule has 0 saturated heterocycles. The third kappa shape index (κ3) is 5.74. The number of benzene rings is 4. The summed E-state index contributed by atoms with van der Waals surface area (Å²) in [5.74, 6) is 0.730. The Labute approximate surface area is 217 Å². The van der Waals surface area contributed by atoms with Crippen molar-refractivity contribution in [1.82, 2.24) is 0 Å². The maximum Gasteiger partial charge on any atom is 0.298 e. The summed E-state index contributed by atoms with van der Waals surface area (Å²) in [6.45, 7) is 6.11. The van der Waals surface area contributed by atoms with Crippen LogP contribution in [0.3, 0.4) is 0 Å². The third-order valence-corrected chi connectivity index (χ3v) is 7.29. The van der Waals surface area contributed by atoms with Gasteiger partial charge in [0.15, 0.2) is 5.78 Å². The van der Waals surface area contributed by atoms with Crippen molar-refractivity contribution in [3.8, 4) is 17.2 Å². The summed E-state index contributed by atoms with van der Waals surface area (Å²) >= 11 is 0. The SMILES string of the molecule is COc1ccc(C(C)(C)c2ccc(Oc3ccc(C(=O)c4ccc(C)cc4)cc3S(=O)(=O)O)cc2)cc1. The van der Waals surface area contributed by atoms with Crippen molar-refractivity contribution >= 4 is 15.9 Å². The van der Waals surface area contributed by atoms with Gasteiger partial charge in [0.1, 0.15) is 22.1 Å². The summed E-state index contributed by atoms with van der Waals surface area (Å²) in [5, 5.41) is 0. The zero-order chi connectivity index (χ0) is 26.8. The van der Waals surface area contributed by atoms with E-state index in [-0.39, 0.29) is 22.5 Å². The van der Waals surface area contributed by atoms with Crippen molar-refractivity contribution < 1.29 is 27.2 Å². The Hall–Kier alpha value is -3.94. The van der Waals surface area contributed by atoms with E-state index in [1.807, 2.05) is 43.3 Å². The van der Waals surface area contributed by atoms with Gasteiger partial charge >= 0.3 is 0 Å². The molecule has 4 aromatic carbocycles. The third-order valence-electron chi connectivity index (χ3n) is 6.41. The Balaban J connectivity index is 1.60. The lowest BCUT2D eigenvalue weighted by Crippen LogP contribution is -2.18. The smallest absolute Gasteiger partial charge is 0.298 e. The van der Waals surface area contributed by atoms with E-state index in [4.69, 9.17) is 9.47 Å². The van der Waals surface area contributed by atoms with Crippen molar-refractivity contribution in [2.75, 3.05) is 7.11 Å². The fourth-order valence-electron chi connectivity index (χ4n) is 4.05. The van der Waals surface area contributed by atoms with E-state index in [2.05, 4.69) is 13.8 Å². The van der Waals surface area contributed by atoms with E-state index in [1.165, 1.54) is 12.1 Å². The Morgan fingerprint density at radius 3 is 1.78 bits per heavy atom. The molecule has 1 N–H and O–H groups in total. The molecule has 37 heavy (non-hydrogen) atoms. The number of carbonyl (C=O) groups excluding carboxylic acids is 1. The summed E-state index contributed by atoms with van der Waals surface area (Å²) in [5.41, 5.74) is 3.36. The van der Waals surface area contributed by atoms with Gasteiger partial charge in [0.05, 0.1) is 7.11 Å². The molecule has 6 nitrogen and oxygen atoms in total. The van der Waals surface area contributed by atoms with Gasteiger partial charge in [-0.25, -0.2) is 0 Å². The molecule has 190 valence electrons. The lowest BCUT2D eigenvalue weighted by atomic mass is 9.78. The second-order valence-electron chi connectivity index (χ2n) is 9.31. The Morgan fingerprint density at radius 1 is 0.757 bits per heavy atom. The first-order valence-corrected chi connectivity index (χ1v) is 13.1. The second kappa shape index (κ2) is 10.2. The monoisotopic (exact) mass is 516 g/mol. The quantitative estimate of drug-likeness (QED) is 0.210. The van der Waals surface area contributed by atoms with Crippen LogP contribution < -0.4 is 9.47 Å². The van der Waals surface area contributed by atoms with Gasteiger partial charge in [-0.05, 0) is 60.5 Å². The minimum absolute atomic E-state index is 0.0786. The minimum Gasteiger partial charge on any atom is -0.497 e. The fraction of sp³-hybridized carbons (Fsp3) is 0.167. The summed E-state index contributed by atoms with van der Waals surface area (Å²) in [6.07, 6.45) is 0. The highest BCUT2D eigenvalue weighted by Gasteiger charge is 2.24. The summed E-state index contributed by atoms with van der Waals surface area (Å²) in [4.78, 5) is 12.4. The van der Waals surface area contributed by atoms with Crippen LogP contribution in [0.25, 0.3) is 0 Å². The predicted octanol–water partition coefficient (Wildman–Crippen LogP) is 6.60. The highest BCUT2D eigenvalue weighted by molar-refractivity contribution is 7.86. The average Bonchev–Trinajstić information content (AvgIpc) is 2.88. The summed E-state index contributed by atoms with van der Waals surface area (Å²) in [7, 11) is -3.03. The molecule has 0 bridgehead atoms. The Morgan fingerprint density at radius 2 is 1.27 bits per heavy atom. The van der Waals surface area contributed by atoms with Gasteiger partial charge in [0.25, 0.3) is 10.1 Å². The predicted molar refractivity (Wildman–Crippen MR) is 143 cm³/mol. The van der Waals surface area contributed by atoms with E-state index in [1.54, 1.807) is 43.5 Å². The molecule has 0 fully saturated rings. The molecule has 0 spiro atoms. The molecule has 7 heteroatoms. The van der Waals surface area contributed by atoms with Crippen LogP contribution in [0.2, 0.25) is 0 Å². The minimum atomic E-state index is -4.66. The normalized spacial score (nSPS) is 11.7. The van der Waals surface area contributed by atoms with Crippen molar-refractivity contribution in [2.45, 2.75) is 31.1 Å². The number of methoxy groups -OCH3 is 1. The number of hydrogen-bond acceptors (Lipinski definition) is 5. The highest BCUT2D eigenvalue weighted by atomic mass is 32.2. The molecule has 0 heterocycles. The molecule has 0 unspecified atom stereocenters. The molecule has 0 radical (unpaired) electrons. The van der Waals surface area contributed by atoms with Crippen LogP contribution in [-0.2, 0) is 15.5 Å². The van der Waals surface area contributed by atoms with E-state index in [0.29, 0.717) is 11.3 Å². The lowest BCUT2D eigenvalue weighted by molar-refractivity contribution is 0.103. The molecule has 4 rings (SSSR count). The number of ketones is 1. The first-order valence-electron chi connectivity index (χ1n) is 11.6. The van der Waals surface area contributed by atoms with Gasteiger partial charge in [-0.3, -0.25) is 9.35 Å². The summed E-state index contributed by atoms with van der Waals surface area (Å²) < 4.78 is 45.2. The van der Waals surface area contributed by atoms with Gasteiger partial charge in [0, 0.05) is 16.5 Å². The van der Waals surface area contributed by atoms with Gasteiger partial charge in [0.2, 0.25) is 0 Å². The molecule has 0 amide bonds. The van der Waals surface area contributed by atoms with Crippen LogP contribution in [-0.4, -0.2) is 25.9 Å². The molecule has 0 aliphatic carbocycles. The van der Waals surface area contributed by atoms with Gasteiger partial charge in [-0.1, -0.05) is 67.9 Å². The average molecular weight is 517 g/mol. The topological polar surface area (TPSA) is 89.9 Å². The molecular formula is C30H28O6S. The Bertz CT molecular complexity index is 1520. The van der Waals surface area contributed by atoms with Crippen molar-refractivity contribution in [2.24, 2.45) is 0 Å². The number of hydrogen-bond donors (Lipinski definition) is 1. The molecular weight excluding hydrogens is 488 g/mol. The Kier molecular flexibility index (Phi) is 7.21. The standard InChI is InChI=1S/C30H28O6S/c1-20-5-7-21(8-6-20)29(31)22-9-18-27(28(19-22)37(32,33)34)36-26-16-12-24(13-17-26)30(2,3)23-10-14-25(35-4)15-11-23/h5-19H,1-4H3,(H,32,33,34). The zero-order valence-electron chi connectivity index (χ0n) is 21.1. The molecule has 4 aromatic rings. The van der Waals surface area contributed by atoms with E-state index in [0.717, 1.165) is 28.5 Å². The van der Waals surface area contributed by atoms with Crippen LogP contribution in [0, 0.1) is 6.92 Å². The van der Waals surface area contributed by atoms with Crippen LogP contribution >= 0.6 is 0 Å².